The molecule has 0 saturated heterocycles. The molecule has 0 bridgehead atoms. The van der Waals surface area contributed by atoms with Crippen molar-refractivity contribution in [3.05, 3.63) is 5.34 Å². The molecule has 0 amide bonds. The Bertz CT molecular complexity index is 6.00. The van der Waals surface area contributed by atoms with Crippen molar-refractivity contribution in [3.8, 4) is 0 Å². The van der Waals surface area contributed by atoms with Gasteiger partial charge in [0.05, 0.1) is 0 Å². The van der Waals surface area contributed by atoms with Gasteiger partial charge >= 0.3 is 0 Å². The van der Waals surface area contributed by atoms with Gasteiger partial charge in [0.2, 0.25) is 0 Å². The minimum atomic E-state index is 0. The second kappa shape index (κ2) is 8.87. The standard InChI is InChI=1S/CHCl2.Pd/c2-1-3;/h1H;/q-1;. The molecule has 0 aromatic carbocycles. The van der Waals surface area contributed by atoms with Crippen molar-refractivity contribution in [2.75, 3.05) is 0 Å². The van der Waals surface area contributed by atoms with Crippen LogP contribution < -0.4 is 0 Å². The molecule has 30 valence electrons. The summed E-state index contributed by atoms with van der Waals surface area (Å²) in [6.07, 6.45) is 0. The molecule has 0 aromatic rings. The summed E-state index contributed by atoms with van der Waals surface area (Å²) in [5.74, 6) is 0. The quantitative estimate of drug-likeness (QED) is 0.402. The maximum atomic E-state index is 4.64. The summed E-state index contributed by atoms with van der Waals surface area (Å²) in [6, 6.07) is 0. The fourth-order valence-electron chi connectivity index (χ4n) is 0. The van der Waals surface area contributed by atoms with E-state index in [-0.39, 0.29) is 20.4 Å². The molecule has 4 heavy (non-hydrogen) atoms. The zero-order chi connectivity index (χ0) is 2.71. The summed E-state index contributed by atoms with van der Waals surface area (Å²) in [5.41, 5.74) is 0. The molecule has 0 unspecified atom stereocenters. The van der Waals surface area contributed by atoms with E-state index in [0.29, 0.717) is 0 Å². The van der Waals surface area contributed by atoms with Crippen molar-refractivity contribution in [1.29, 1.82) is 0 Å². The van der Waals surface area contributed by atoms with Crippen molar-refractivity contribution < 1.29 is 20.4 Å². The molecule has 0 radical (unpaired) electrons. The van der Waals surface area contributed by atoms with Crippen LogP contribution in [0.1, 0.15) is 0 Å². The van der Waals surface area contributed by atoms with Crippen LogP contribution >= 0.6 is 23.2 Å². The van der Waals surface area contributed by atoms with Crippen LogP contribution in [0, 0.1) is 5.34 Å². The van der Waals surface area contributed by atoms with Gasteiger partial charge in [0.25, 0.3) is 0 Å². The molecule has 0 fully saturated rings. The molecule has 0 heterocycles. The van der Waals surface area contributed by atoms with Crippen molar-refractivity contribution >= 4 is 23.2 Å². The molecular formula is CHCl2Pd-. The van der Waals surface area contributed by atoms with E-state index in [9.17, 15) is 0 Å². The second-order valence-corrected chi connectivity index (χ2v) is 0.742. The van der Waals surface area contributed by atoms with Gasteiger partial charge < -0.3 is 23.2 Å². The molecule has 0 aliphatic heterocycles. The molecule has 0 aromatic heterocycles. The van der Waals surface area contributed by atoms with Gasteiger partial charge in [-0.1, -0.05) is 0 Å². The fraction of sp³-hybridized carbons (Fsp3) is 0. The Labute approximate surface area is 49.1 Å². The Kier molecular flexibility index (Phi) is 19.9. The van der Waals surface area contributed by atoms with Gasteiger partial charge in [0.15, 0.2) is 0 Å². The average molecular weight is 190 g/mol. The van der Waals surface area contributed by atoms with Crippen LogP contribution in [-0.4, -0.2) is 0 Å². The topological polar surface area (TPSA) is 0 Å². The Balaban J connectivity index is 0. The third kappa shape index (κ3) is 10.6. The van der Waals surface area contributed by atoms with Gasteiger partial charge in [-0.2, -0.15) is 5.34 Å². The SMILES string of the molecule is Cl[CH-]Cl.[Pd]. The Morgan fingerprint density at radius 3 is 1.25 bits per heavy atom. The van der Waals surface area contributed by atoms with E-state index in [1.807, 2.05) is 0 Å². The van der Waals surface area contributed by atoms with Crippen molar-refractivity contribution in [1.82, 2.24) is 0 Å². The van der Waals surface area contributed by atoms with Gasteiger partial charge in [-0.05, 0) is 0 Å². The van der Waals surface area contributed by atoms with E-state index in [2.05, 4.69) is 23.2 Å². The Morgan fingerprint density at radius 1 is 1.25 bits per heavy atom. The van der Waals surface area contributed by atoms with Gasteiger partial charge in [0, 0.05) is 20.4 Å². The van der Waals surface area contributed by atoms with E-state index in [4.69, 9.17) is 0 Å². The molecule has 3 heteroatoms. The number of hydrogen-bond acceptors (Lipinski definition) is 0. The zero-order valence-electron chi connectivity index (χ0n) is 1.65. The smallest absolute Gasteiger partial charge is 0 e. The fourth-order valence-corrected chi connectivity index (χ4v) is 0. The number of rotatable bonds is 0. The van der Waals surface area contributed by atoms with Crippen LogP contribution in [0.25, 0.3) is 0 Å². The van der Waals surface area contributed by atoms with Crippen LogP contribution in [0.4, 0.5) is 0 Å². The largest absolute Gasteiger partial charge is 0.333 e. The normalized spacial score (nSPS) is 4.50. The molecule has 0 rings (SSSR count). The second-order valence-electron chi connectivity index (χ2n) is 0.0825. The van der Waals surface area contributed by atoms with Crippen molar-refractivity contribution in [2.24, 2.45) is 0 Å². The van der Waals surface area contributed by atoms with Gasteiger partial charge in [-0.15, -0.1) is 0 Å². The minimum Gasteiger partial charge on any atom is -0.333 e. The maximum absolute atomic E-state index is 4.64. The molecule has 0 aliphatic rings. The molecule has 0 aliphatic carbocycles. The first-order chi connectivity index (χ1) is 1.41. The molecule has 0 N–H and O–H groups in total. The molecule has 0 spiro atoms. The van der Waals surface area contributed by atoms with Crippen LogP contribution in [-0.2, 0) is 20.4 Å². The minimum absolute atomic E-state index is 0. The van der Waals surface area contributed by atoms with Crippen LogP contribution in [0.2, 0.25) is 0 Å². The molecular weight excluding hydrogens is 189 g/mol. The first kappa shape index (κ1) is 8.97. The van der Waals surface area contributed by atoms with E-state index >= 15 is 0 Å². The average Bonchev–Trinajstić information content (AvgIpc) is 0.918. The first-order valence-corrected chi connectivity index (χ1v) is 1.31. The van der Waals surface area contributed by atoms with E-state index in [0.717, 1.165) is 5.34 Å². The van der Waals surface area contributed by atoms with Gasteiger partial charge in [-0.3, -0.25) is 0 Å². The van der Waals surface area contributed by atoms with E-state index in [1.165, 1.54) is 0 Å². The van der Waals surface area contributed by atoms with Crippen LogP contribution in [0.15, 0.2) is 0 Å². The number of hydrogen-bond donors (Lipinski definition) is 0. The molecule has 0 saturated carbocycles. The monoisotopic (exact) mass is 189 g/mol. The van der Waals surface area contributed by atoms with Gasteiger partial charge in [-0.25, -0.2) is 0 Å². The summed E-state index contributed by atoms with van der Waals surface area (Å²) < 4.78 is 0. The molecule has 0 atom stereocenters. The van der Waals surface area contributed by atoms with E-state index in [1.54, 1.807) is 0 Å². The third-order valence-electron chi connectivity index (χ3n) is 0. The summed E-state index contributed by atoms with van der Waals surface area (Å²) in [4.78, 5) is 0. The molecule has 0 nitrogen and oxygen atoms in total. The van der Waals surface area contributed by atoms with E-state index < -0.39 is 0 Å². The maximum Gasteiger partial charge on any atom is 0 e. The predicted molar refractivity (Wildman–Crippen MR) is 16.0 cm³/mol. The van der Waals surface area contributed by atoms with Gasteiger partial charge in [0.1, 0.15) is 0 Å². The van der Waals surface area contributed by atoms with Crippen LogP contribution in [0.5, 0.6) is 0 Å². The zero-order valence-corrected chi connectivity index (χ0v) is 4.72. The summed E-state index contributed by atoms with van der Waals surface area (Å²) in [5, 5.41) is 0.944. The van der Waals surface area contributed by atoms with Crippen molar-refractivity contribution in [3.63, 3.8) is 0 Å². The summed E-state index contributed by atoms with van der Waals surface area (Å²) in [6.45, 7) is 0. The number of halogens is 2. The first-order valence-electron chi connectivity index (χ1n) is 0.436. The predicted octanol–water partition coefficient (Wildman–Crippen LogP) is 1.58. The van der Waals surface area contributed by atoms with Crippen LogP contribution in [0.3, 0.4) is 0 Å². The van der Waals surface area contributed by atoms with Crippen molar-refractivity contribution in [2.45, 2.75) is 0 Å². The summed E-state index contributed by atoms with van der Waals surface area (Å²) >= 11 is 9.28. The Hall–Kier alpha value is 1.24. The Morgan fingerprint density at radius 2 is 1.25 bits per heavy atom. The third-order valence-corrected chi connectivity index (χ3v) is 0. The summed E-state index contributed by atoms with van der Waals surface area (Å²) in [7, 11) is 0.